The molecular weight excluding hydrogens is 376 g/mol. The number of rotatable bonds is 3. The Morgan fingerprint density at radius 2 is 1.89 bits per heavy atom. The molecule has 1 amide bonds. The SMILES string of the molecule is CN(C)C=NC(=O)c1cccc(-c2cc(=O)[nH]c3c2[nH]c2ccc(Cl)cc23)c1. The van der Waals surface area contributed by atoms with E-state index in [0.29, 0.717) is 21.7 Å². The highest BCUT2D eigenvalue weighted by molar-refractivity contribution is 6.31. The van der Waals surface area contributed by atoms with E-state index < -0.39 is 0 Å². The number of amides is 1. The lowest BCUT2D eigenvalue weighted by Crippen LogP contribution is -2.09. The molecule has 0 fully saturated rings. The van der Waals surface area contributed by atoms with Crippen molar-refractivity contribution in [3.05, 3.63) is 69.5 Å². The topological polar surface area (TPSA) is 81.3 Å². The van der Waals surface area contributed by atoms with Gasteiger partial charge in [0.2, 0.25) is 5.56 Å². The van der Waals surface area contributed by atoms with E-state index in [-0.39, 0.29) is 11.5 Å². The van der Waals surface area contributed by atoms with Crippen molar-refractivity contribution in [2.24, 2.45) is 4.99 Å². The summed E-state index contributed by atoms with van der Waals surface area (Å²) in [6, 6.07) is 14.1. The summed E-state index contributed by atoms with van der Waals surface area (Å²) in [4.78, 5) is 36.5. The molecule has 6 nitrogen and oxygen atoms in total. The number of benzene rings is 2. The zero-order chi connectivity index (χ0) is 19.8. The van der Waals surface area contributed by atoms with Crippen LogP contribution in [0, 0.1) is 0 Å². The summed E-state index contributed by atoms with van der Waals surface area (Å²) < 4.78 is 0. The van der Waals surface area contributed by atoms with Crippen molar-refractivity contribution in [2.45, 2.75) is 0 Å². The van der Waals surface area contributed by atoms with Gasteiger partial charge in [0.25, 0.3) is 5.91 Å². The van der Waals surface area contributed by atoms with Gasteiger partial charge in [-0.15, -0.1) is 0 Å². The van der Waals surface area contributed by atoms with Crippen molar-refractivity contribution >= 4 is 45.8 Å². The molecule has 0 saturated heterocycles. The van der Waals surface area contributed by atoms with Crippen molar-refractivity contribution in [3.63, 3.8) is 0 Å². The lowest BCUT2D eigenvalue weighted by atomic mass is 10.0. The maximum atomic E-state index is 12.3. The molecule has 0 saturated carbocycles. The van der Waals surface area contributed by atoms with Crippen LogP contribution in [-0.2, 0) is 0 Å². The first-order valence-corrected chi connectivity index (χ1v) is 9.00. The lowest BCUT2D eigenvalue weighted by molar-refractivity contribution is 0.100. The van der Waals surface area contributed by atoms with Crippen molar-refractivity contribution < 1.29 is 4.79 Å². The second-order valence-electron chi connectivity index (χ2n) is 6.71. The van der Waals surface area contributed by atoms with E-state index in [1.165, 1.54) is 12.4 Å². The number of carbonyl (C=O) groups is 1. The smallest absolute Gasteiger partial charge is 0.278 e. The Morgan fingerprint density at radius 3 is 2.68 bits per heavy atom. The average molecular weight is 393 g/mol. The molecule has 2 aromatic carbocycles. The van der Waals surface area contributed by atoms with Gasteiger partial charge in [-0.2, -0.15) is 4.99 Å². The van der Waals surface area contributed by atoms with Crippen LogP contribution in [0.3, 0.4) is 0 Å². The normalized spacial score (nSPS) is 11.5. The van der Waals surface area contributed by atoms with E-state index in [2.05, 4.69) is 15.0 Å². The molecule has 0 aliphatic carbocycles. The maximum Gasteiger partial charge on any atom is 0.278 e. The van der Waals surface area contributed by atoms with Crippen LogP contribution in [0.2, 0.25) is 5.02 Å². The Hall–Kier alpha value is -3.38. The number of fused-ring (bicyclic) bond motifs is 3. The van der Waals surface area contributed by atoms with Gasteiger partial charge in [-0.1, -0.05) is 23.7 Å². The molecule has 0 radical (unpaired) electrons. The molecule has 7 heteroatoms. The predicted molar refractivity (Wildman–Crippen MR) is 113 cm³/mol. The van der Waals surface area contributed by atoms with Crippen LogP contribution in [-0.4, -0.2) is 41.2 Å². The predicted octanol–water partition coefficient (Wildman–Crippen LogP) is 4.06. The van der Waals surface area contributed by atoms with Gasteiger partial charge >= 0.3 is 0 Å². The highest BCUT2D eigenvalue weighted by atomic mass is 35.5. The number of H-pyrrole nitrogens is 2. The first kappa shape index (κ1) is 18.0. The number of nitrogens with zero attached hydrogens (tertiary/aromatic N) is 2. The summed E-state index contributed by atoms with van der Waals surface area (Å²) >= 11 is 6.12. The molecule has 0 spiro atoms. The van der Waals surface area contributed by atoms with E-state index in [0.717, 1.165) is 22.0 Å². The second kappa shape index (κ2) is 6.98. The number of aromatic amines is 2. The third kappa shape index (κ3) is 3.30. The van der Waals surface area contributed by atoms with Gasteiger partial charge in [-0.3, -0.25) is 9.59 Å². The van der Waals surface area contributed by atoms with E-state index in [4.69, 9.17) is 11.6 Å². The number of carbonyl (C=O) groups excluding carboxylic acids is 1. The number of hydrogen-bond donors (Lipinski definition) is 2. The maximum absolute atomic E-state index is 12.3. The highest BCUT2D eigenvalue weighted by Gasteiger charge is 2.13. The van der Waals surface area contributed by atoms with Crippen molar-refractivity contribution in [1.29, 1.82) is 0 Å². The van der Waals surface area contributed by atoms with Crippen molar-refractivity contribution in [3.8, 4) is 11.1 Å². The molecule has 0 atom stereocenters. The number of aliphatic imine (C=N–C) groups is 1. The molecule has 4 aromatic rings. The summed E-state index contributed by atoms with van der Waals surface area (Å²) in [5, 5.41) is 1.43. The van der Waals surface area contributed by atoms with Crippen LogP contribution in [0.5, 0.6) is 0 Å². The summed E-state index contributed by atoms with van der Waals surface area (Å²) in [7, 11) is 3.59. The fraction of sp³-hybridized carbons (Fsp3) is 0.0952. The zero-order valence-corrected chi connectivity index (χ0v) is 16.0. The van der Waals surface area contributed by atoms with E-state index in [9.17, 15) is 9.59 Å². The number of pyridine rings is 1. The van der Waals surface area contributed by atoms with Gasteiger partial charge in [-0.25, -0.2) is 0 Å². The molecule has 28 heavy (non-hydrogen) atoms. The number of nitrogens with one attached hydrogen (secondary N) is 2. The standard InChI is InChI=1S/C21H17ClN4O2/c1-26(2)11-23-21(28)13-5-3-4-12(8-13)15-10-18(27)25-20-16-9-14(22)6-7-17(16)24-19(15)20/h3-11,24H,1-2H3,(H,25,27). The molecule has 0 aliphatic heterocycles. The monoisotopic (exact) mass is 392 g/mol. The summed E-state index contributed by atoms with van der Waals surface area (Å²) in [6.45, 7) is 0. The van der Waals surface area contributed by atoms with Gasteiger partial charge in [0.05, 0.1) is 17.4 Å². The quantitative estimate of drug-likeness (QED) is 0.407. The average Bonchev–Trinajstić information content (AvgIpc) is 3.03. The van der Waals surface area contributed by atoms with Crippen LogP contribution >= 0.6 is 11.6 Å². The van der Waals surface area contributed by atoms with Crippen LogP contribution in [0.15, 0.2) is 58.3 Å². The number of halogens is 1. The molecule has 4 rings (SSSR count). The Morgan fingerprint density at radius 1 is 1.07 bits per heavy atom. The molecule has 0 bridgehead atoms. The Bertz CT molecular complexity index is 1300. The van der Waals surface area contributed by atoms with Crippen LogP contribution in [0.25, 0.3) is 33.1 Å². The molecule has 2 aromatic heterocycles. The Balaban J connectivity index is 1.90. The van der Waals surface area contributed by atoms with Crippen molar-refractivity contribution in [1.82, 2.24) is 14.9 Å². The fourth-order valence-corrected chi connectivity index (χ4v) is 3.32. The minimum atomic E-state index is -0.347. The lowest BCUT2D eigenvalue weighted by Gasteiger charge is -2.06. The van der Waals surface area contributed by atoms with Gasteiger partial charge in [0, 0.05) is 47.2 Å². The van der Waals surface area contributed by atoms with Crippen LogP contribution in [0.1, 0.15) is 10.4 Å². The Kier molecular flexibility index (Phi) is 4.49. The highest BCUT2D eigenvalue weighted by Crippen LogP contribution is 2.32. The molecular formula is C21H17ClN4O2. The minimum absolute atomic E-state index is 0.231. The minimum Gasteiger partial charge on any atom is -0.369 e. The first-order chi connectivity index (χ1) is 13.4. The van der Waals surface area contributed by atoms with Gasteiger partial charge in [0.15, 0.2) is 0 Å². The molecule has 2 N–H and O–H groups in total. The molecule has 2 heterocycles. The van der Waals surface area contributed by atoms with Crippen molar-refractivity contribution in [2.75, 3.05) is 14.1 Å². The summed E-state index contributed by atoms with van der Waals surface area (Å²) in [5.41, 5.74) is 4.00. The van der Waals surface area contributed by atoms with E-state index in [1.54, 1.807) is 43.3 Å². The summed E-state index contributed by atoms with van der Waals surface area (Å²) in [5.74, 6) is -0.347. The van der Waals surface area contributed by atoms with Crippen LogP contribution in [0.4, 0.5) is 0 Å². The number of hydrogen-bond acceptors (Lipinski definition) is 2. The van der Waals surface area contributed by atoms with E-state index in [1.807, 2.05) is 18.2 Å². The molecule has 0 unspecified atom stereocenters. The Labute approximate surface area is 165 Å². The molecule has 140 valence electrons. The van der Waals surface area contributed by atoms with Crippen LogP contribution < -0.4 is 5.56 Å². The largest absolute Gasteiger partial charge is 0.369 e. The zero-order valence-electron chi connectivity index (χ0n) is 15.3. The third-order valence-electron chi connectivity index (χ3n) is 4.38. The van der Waals surface area contributed by atoms with E-state index >= 15 is 0 Å². The molecule has 0 aliphatic rings. The second-order valence-corrected chi connectivity index (χ2v) is 7.14. The van der Waals surface area contributed by atoms with Gasteiger partial charge in [-0.05, 0) is 35.9 Å². The van der Waals surface area contributed by atoms with Gasteiger partial charge < -0.3 is 14.9 Å². The summed E-state index contributed by atoms with van der Waals surface area (Å²) in [6.07, 6.45) is 1.46. The van der Waals surface area contributed by atoms with Gasteiger partial charge in [0.1, 0.15) is 0 Å². The first-order valence-electron chi connectivity index (χ1n) is 8.62. The third-order valence-corrected chi connectivity index (χ3v) is 4.62. The number of aromatic nitrogens is 2. The fourth-order valence-electron chi connectivity index (χ4n) is 3.15.